The third-order valence-electron chi connectivity index (χ3n) is 9.72. The van der Waals surface area contributed by atoms with Crippen LogP contribution in [0.25, 0.3) is 32.3 Å². The lowest BCUT2D eigenvalue weighted by molar-refractivity contribution is 1.46. The fourth-order valence-electron chi connectivity index (χ4n) is 6.73. The summed E-state index contributed by atoms with van der Waals surface area (Å²) < 4.78 is 0. The molecule has 0 aliphatic carbocycles. The van der Waals surface area contributed by atoms with Crippen molar-refractivity contribution < 1.29 is 0 Å². The average Bonchev–Trinajstić information content (AvgIpc) is 3.20. The molecule has 0 fully saturated rings. The summed E-state index contributed by atoms with van der Waals surface area (Å²) in [6, 6.07) is 50.5. The monoisotopic (exact) mass is 684 g/mol. The molecule has 54 heavy (non-hydrogen) atoms. The molecule has 0 aromatic heterocycles. The molecule has 0 unspecified atom stereocenters. The molecule has 0 saturated heterocycles. The summed E-state index contributed by atoms with van der Waals surface area (Å²) in [7, 11) is 0. The number of hydrogen-bond acceptors (Lipinski definition) is 0. The van der Waals surface area contributed by atoms with E-state index in [1.807, 2.05) is 0 Å². The minimum atomic E-state index is 0.916. The van der Waals surface area contributed by atoms with Gasteiger partial charge in [0.1, 0.15) is 0 Å². The molecule has 0 atom stereocenters. The van der Waals surface area contributed by atoms with E-state index in [9.17, 15) is 0 Å². The molecule has 0 aliphatic rings. The number of rotatable bonds is 0. The van der Waals surface area contributed by atoms with Gasteiger partial charge in [0.2, 0.25) is 0 Å². The minimum Gasteiger partial charge on any atom is -0.0616 e. The van der Waals surface area contributed by atoms with E-state index in [2.05, 4.69) is 221 Å². The largest absolute Gasteiger partial charge is 0.0616 e. The van der Waals surface area contributed by atoms with Gasteiger partial charge in [-0.15, -0.1) is 0 Å². The quantitative estimate of drug-likeness (QED) is 0.110. The van der Waals surface area contributed by atoms with Gasteiger partial charge in [-0.2, -0.15) is 0 Å². The molecule has 0 saturated carbocycles. The average molecular weight is 685 g/mol. The first-order valence-electron chi connectivity index (χ1n) is 18.2. The van der Waals surface area contributed by atoms with Gasteiger partial charge in [-0.25, -0.2) is 0 Å². The SMILES string of the molecule is Cc1ccc(C#Cc2c3ccccc3c(C#Cc3ccc(C)cc3)c3c(C#Cc4ccc(C)cc4)c4ccccc4c(C#Cc4ccc(C)cc4)c23)cc1. The molecule has 0 bridgehead atoms. The number of aryl methyl sites for hydroxylation is 4. The van der Waals surface area contributed by atoms with Crippen molar-refractivity contribution in [3.63, 3.8) is 0 Å². The van der Waals surface area contributed by atoms with Gasteiger partial charge in [0, 0.05) is 55.3 Å². The third kappa shape index (κ3) is 6.99. The molecule has 8 aromatic carbocycles. The molecule has 0 heterocycles. The summed E-state index contributed by atoms with van der Waals surface area (Å²) in [5.74, 6) is 28.8. The second-order valence-corrected chi connectivity index (χ2v) is 13.8. The lowest BCUT2D eigenvalue weighted by Crippen LogP contribution is -1.98. The van der Waals surface area contributed by atoms with Crippen molar-refractivity contribution in [2.75, 3.05) is 0 Å². The van der Waals surface area contributed by atoms with Crippen molar-refractivity contribution >= 4 is 32.3 Å². The predicted octanol–water partition coefficient (Wildman–Crippen LogP) is 12.0. The molecule has 0 amide bonds. The molecule has 252 valence electrons. The van der Waals surface area contributed by atoms with Crippen molar-refractivity contribution in [1.82, 2.24) is 0 Å². The van der Waals surface area contributed by atoms with Crippen LogP contribution in [0.3, 0.4) is 0 Å². The summed E-state index contributed by atoms with van der Waals surface area (Å²) in [6.45, 7) is 8.38. The second kappa shape index (κ2) is 14.8. The van der Waals surface area contributed by atoms with E-state index < -0.39 is 0 Å². The molecule has 8 rings (SSSR count). The maximum absolute atomic E-state index is 3.68. The fraction of sp³-hybridized carbons (Fsp3) is 0.0741. The van der Waals surface area contributed by atoms with E-state index in [-0.39, 0.29) is 0 Å². The van der Waals surface area contributed by atoms with Crippen molar-refractivity contribution in [2.45, 2.75) is 27.7 Å². The van der Waals surface area contributed by atoms with Crippen LogP contribution in [-0.2, 0) is 0 Å². The summed E-state index contributed by atoms with van der Waals surface area (Å²) in [5, 5.41) is 6.06. The smallest absolute Gasteiger partial charge is 0.0420 e. The Morgan fingerprint density at radius 1 is 0.241 bits per heavy atom. The first-order valence-corrected chi connectivity index (χ1v) is 18.2. The summed E-state index contributed by atoms with van der Waals surface area (Å²) >= 11 is 0. The zero-order valence-electron chi connectivity index (χ0n) is 30.9. The fourth-order valence-corrected chi connectivity index (χ4v) is 6.73. The molecule has 0 aliphatic heterocycles. The molecular weight excluding hydrogens is 649 g/mol. The lowest BCUT2D eigenvalue weighted by atomic mass is 9.83. The van der Waals surface area contributed by atoms with Crippen LogP contribution < -0.4 is 0 Å². The van der Waals surface area contributed by atoms with Crippen LogP contribution in [0.2, 0.25) is 0 Å². The standard InChI is InChI=1S/C54H36/c1-37-13-21-41(22-14-37)29-33-49-45-9-5-6-10-46(45)51(35-31-43-25-17-39(3)18-26-43)54-52(36-32-44-27-19-40(4)20-28-44)48-12-8-7-11-47(48)50(53(49)54)34-30-42-23-15-38(2)16-24-42/h5-28H,1-4H3. The Hall–Kier alpha value is -7.22. The summed E-state index contributed by atoms with van der Waals surface area (Å²) in [5.41, 5.74) is 12.3. The molecule has 8 aromatic rings. The van der Waals surface area contributed by atoms with Crippen LogP contribution in [0.5, 0.6) is 0 Å². The summed E-state index contributed by atoms with van der Waals surface area (Å²) in [6.07, 6.45) is 0. The lowest BCUT2D eigenvalue weighted by Gasteiger charge is -2.17. The highest BCUT2D eigenvalue weighted by atomic mass is 14.2. The van der Waals surface area contributed by atoms with Crippen molar-refractivity contribution in [3.8, 4) is 47.4 Å². The van der Waals surface area contributed by atoms with Gasteiger partial charge in [-0.3, -0.25) is 0 Å². The molecule has 0 N–H and O–H groups in total. The first kappa shape index (κ1) is 33.9. The van der Waals surface area contributed by atoms with Gasteiger partial charge in [0.05, 0.1) is 0 Å². The molecule has 0 heteroatoms. The maximum atomic E-state index is 3.68. The third-order valence-corrected chi connectivity index (χ3v) is 9.72. The van der Waals surface area contributed by atoms with Gasteiger partial charge in [-0.05, 0) is 97.8 Å². The van der Waals surface area contributed by atoms with Crippen LogP contribution in [-0.4, -0.2) is 0 Å². The predicted molar refractivity (Wildman–Crippen MR) is 228 cm³/mol. The molecule has 0 radical (unpaired) electrons. The Morgan fingerprint density at radius 3 is 0.648 bits per heavy atom. The molecule has 0 spiro atoms. The van der Waals surface area contributed by atoms with Crippen molar-refractivity contribution in [3.05, 3.63) is 212 Å². The number of fused-ring (bicyclic) bond motifs is 3. The van der Waals surface area contributed by atoms with E-state index in [4.69, 9.17) is 0 Å². The van der Waals surface area contributed by atoms with Crippen LogP contribution in [0.1, 0.15) is 66.8 Å². The van der Waals surface area contributed by atoms with Crippen LogP contribution in [0.15, 0.2) is 146 Å². The number of benzene rings is 8. The Labute approximate surface area is 318 Å². The van der Waals surface area contributed by atoms with E-state index in [0.29, 0.717) is 0 Å². The highest BCUT2D eigenvalue weighted by molar-refractivity contribution is 6.20. The second-order valence-electron chi connectivity index (χ2n) is 13.8. The zero-order valence-corrected chi connectivity index (χ0v) is 30.9. The van der Waals surface area contributed by atoms with Gasteiger partial charge >= 0.3 is 0 Å². The zero-order chi connectivity index (χ0) is 37.0. The maximum Gasteiger partial charge on any atom is 0.0420 e. The van der Waals surface area contributed by atoms with Gasteiger partial charge in [-0.1, -0.05) is 167 Å². The summed E-state index contributed by atoms with van der Waals surface area (Å²) in [4.78, 5) is 0. The molecular formula is C54H36. The van der Waals surface area contributed by atoms with E-state index >= 15 is 0 Å². The van der Waals surface area contributed by atoms with E-state index in [0.717, 1.165) is 76.8 Å². The first-order chi connectivity index (χ1) is 26.4. The molecule has 0 nitrogen and oxygen atoms in total. The van der Waals surface area contributed by atoms with E-state index in [1.165, 1.54) is 22.3 Å². The Bertz CT molecular complexity index is 2570. The van der Waals surface area contributed by atoms with Gasteiger partial charge in [0.25, 0.3) is 0 Å². The normalized spacial score (nSPS) is 10.4. The highest BCUT2D eigenvalue weighted by Crippen LogP contribution is 2.41. The Kier molecular flexibility index (Phi) is 9.29. The highest BCUT2D eigenvalue weighted by Gasteiger charge is 2.21. The van der Waals surface area contributed by atoms with Gasteiger partial charge < -0.3 is 0 Å². The topological polar surface area (TPSA) is 0 Å². The van der Waals surface area contributed by atoms with Crippen molar-refractivity contribution in [2.24, 2.45) is 0 Å². The van der Waals surface area contributed by atoms with Crippen LogP contribution >= 0.6 is 0 Å². The van der Waals surface area contributed by atoms with Crippen LogP contribution in [0.4, 0.5) is 0 Å². The van der Waals surface area contributed by atoms with Crippen molar-refractivity contribution in [1.29, 1.82) is 0 Å². The van der Waals surface area contributed by atoms with E-state index in [1.54, 1.807) is 0 Å². The minimum absolute atomic E-state index is 0.916. The Balaban J connectivity index is 1.57. The van der Waals surface area contributed by atoms with Crippen LogP contribution in [0, 0.1) is 75.1 Å². The Morgan fingerprint density at radius 2 is 0.444 bits per heavy atom. The van der Waals surface area contributed by atoms with Gasteiger partial charge in [0.15, 0.2) is 0 Å². The number of hydrogen-bond donors (Lipinski definition) is 0.